The molecule has 1 N–H and O–H groups in total. The lowest BCUT2D eigenvalue weighted by Crippen LogP contribution is -2.12. The Hall–Kier alpha value is -3.85. The second-order valence-corrected chi connectivity index (χ2v) is 7.66. The van der Waals surface area contributed by atoms with Gasteiger partial charge in [0.25, 0.3) is 5.91 Å². The fraction of sp³-hybridized carbons (Fsp3) is 0.0952. The van der Waals surface area contributed by atoms with Gasteiger partial charge in [0.15, 0.2) is 17.4 Å². The zero-order chi connectivity index (χ0) is 20.7. The zero-order valence-electron chi connectivity index (χ0n) is 16.2. The Balaban J connectivity index is 1.44. The molecule has 0 radical (unpaired) electrons. The van der Waals surface area contributed by atoms with Gasteiger partial charge in [0.05, 0.1) is 28.7 Å². The third-order valence-corrected chi connectivity index (χ3v) is 5.85. The van der Waals surface area contributed by atoms with Gasteiger partial charge in [-0.3, -0.25) is 4.79 Å². The maximum atomic E-state index is 12.9. The maximum absolute atomic E-state index is 12.9. The van der Waals surface area contributed by atoms with E-state index in [9.17, 15) is 4.79 Å². The van der Waals surface area contributed by atoms with Gasteiger partial charge in [-0.15, -0.1) is 11.3 Å². The minimum atomic E-state index is -0.205. The third kappa shape index (κ3) is 3.15. The van der Waals surface area contributed by atoms with Crippen LogP contribution in [0.3, 0.4) is 0 Å². The van der Waals surface area contributed by atoms with Gasteiger partial charge >= 0.3 is 0 Å². The van der Waals surface area contributed by atoms with E-state index >= 15 is 0 Å². The molecule has 9 heteroatoms. The predicted octanol–water partition coefficient (Wildman–Crippen LogP) is 4.40. The summed E-state index contributed by atoms with van der Waals surface area (Å²) in [5.41, 5.74) is 2.27. The van der Waals surface area contributed by atoms with Gasteiger partial charge in [0.1, 0.15) is 4.83 Å². The lowest BCUT2D eigenvalue weighted by molar-refractivity contribution is 0.103. The number of aromatic nitrogens is 5. The smallest absolute Gasteiger partial charge is 0.266 e. The summed E-state index contributed by atoms with van der Waals surface area (Å²) in [6.45, 7) is 3.82. The van der Waals surface area contributed by atoms with Crippen LogP contribution >= 0.6 is 11.3 Å². The number of furan rings is 1. The van der Waals surface area contributed by atoms with Crippen molar-refractivity contribution in [3.8, 4) is 17.4 Å². The normalized spacial score (nSPS) is 11.1. The highest BCUT2D eigenvalue weighted by atomic mass is 32.1. The first-order chi connectivity index (χ1) is 14.6. The first kappa shape index (κ1) is 18.2. The van der Waals surface area contributed by atoms with Crippen LogP contribution in [0.2, 0.25) is 0 Å². The molecule has 0 aliphatic carbocycles. The molecule has 0 aromatic carbocycles. The van der Waals surface area contributed by atoms with E-state index in [4.69, 9.17) is 4.42 Å². The number of rotatable bonds is 4. The molecule has 30 heavy (non-hydrogen) atoms. The molecule has 5 aromatic rings. The van der Waals surface area contributed by atoms with Crippen LogP contribution in [-0.2, 0) is 0 Å². The van der Waals surface area contributed by atoms with Gasteiger partial charge in [-0.2, -0.15) is 5.10 Å². The standard InChI is InChI=1S/C21H16N6O2S/c1-12-17-13(2)24-19(15-5-3-10-29-15)26-21(17)30-18(12)20(28)25-14-6-7-16(22-11-14)27-9-4-8-23-27/h3-11H,1-2H3,(H,25,28). The number of pyridine rings is 1. The summed E-state index contributed by atoms with van der Waals surface area (Å²) in [4.78, 5) is 27.8. The first-order valence-electron chi connectivity index (χ1n) is 9.19. The number of aryl methyl sites for hydroxylation is 2. The van der Waals surface area contributed by atoms with E-state index in [-0.39, 0.29) is 5.91 Å². The van der Waals surface area contributed by atoms with Gasteiger partial charge in [0, 0.05) is 17.8 Å². The molecule has 0 aliphatic heterocycles. The highest BCUT2D eigenvalue weighted by molar-refractivity contribution is 7.20. The number of anilines is 1. The summed E-state index contributed by atoms with van der Waals surface area (Å²) in [5, 5.41) is 7.95. The molecule has 0 saturated heterocycles. The van der Waals surface area contributed by atoms with Gasteiger partial charge in [-0.1, -0.05) is 0 Å². The van der Waals surface area contributed by atoms with Crippen molar-refractivity contribution in [2.75, 3.05) is 5.32 Å². The molecule has 1 amide bonds. The van der Waals surface area contributed by atoms with E-state index in [0.717, 1.165) is 21.5 Å². The molecule has 0 spiro atoms. The average molecular weight is 416 g/mol. The number of fused-ring (bicyclic) bond motifs is 1. The first-order valence-corrected chi connectivity index (χ1v) is 10.0. The van der Waals surface area contributed by atoms with E-state index in [1.165, 1.54) is 11.3 Å². The fourth-order valence-corrected chi connectivity index (χ4v) is 4.39. The fourth-order valence-electron chi connectivity index (χ4n) is 3.26. The van der Waals surface area contributed by atoms with Crippen molar-refractivity contribution in [3.05, 3.63) is 71.3 Å². The molecule has 5 heterocycles. The van der Waals surface area contributed by atoms with E-state index in [2.05, 4.69) is 25.4 Å². The number of nitrogens with one attached hydrogen (secondary N) is 1. The Labute approximate surface area is 175 Å². The second-order valence-electron chi connectivity index (χ2n) is 6.66. The summed E-state index contributed by atoms with van der Waals surface area (Å²) in [6.07, 6.45) is 6.69. The number of carbonyl (C=O) groups excluding carboxylic acids is 1. The van der Waals surface area contributed by atoms with Crippen LogP contribution in [0.15, 0.2) is 59.6 Å². The summed E-state index contributed by atoms with van der Waals surface area (Å²) in [5.74, 6) is 1.58. The minimum absolute atomic E-state index is 0.205. The van der Waals surface area contributed by atoms with Crippen LogP contribution in [0.25, 0.3) is 27.6 Å². The summed E-state index contributed by atoms with van der Waals surface area (Å²) >= 11 is 1.34. The van der Waals surface area contributed by atoms with Crippen LogP contribution in [0.5, 0.6) is 0 Å². The summed E-state index contributed by atoms with van der Waals surface area (Å²) in [6, 6.07) is 9.02. The summed E-state index contributed by atoms with van der Waals surface area (Å²) < 4.78 is 7.06. The van der Waals surface area contributed by atoms with Gasteiger partial charge in [0.2, 0.25) is 0 Å². The van der Waals surface area contributed by atoms with Crippen LogP contribution in [-0.4, -0.2) is 30.6 Å². The van der Waals surface area contributed by atoms with Crippen molar-refractivity contribution in [1.82, 2.24) is 24.7 Å². The molecule has 5 aromatic heterocycles. The van der Waals surface area contributed by atoms with Crippen molar-refractivity contribution in [2.24, 2.45) is 0 Å². The average Bonchev–Trinajstić information content (AvgIpc) is 3.50. The van der Waals surface area contributed by atoms with Crippen LogP contribution < -0.4 is 5.32 Å². The number of amides is 1. The zero-order valence-corrected chi connectivity index (χ0v) is 17.0. The molecule has 0 aliphatic rings. The molecule has 5 rings (SSSR count). The molecule has 148 valence electrons. The Bertz CT molecular complexity index is 1340. The van der Waals surface area contributed by atoms with Gasteiger partial charge < -0.3 is 9.73 Å². The van der Waals surface area contributed by atoms with Crippen molar-refractivity contribution in [1.29, 1.82) is 0 Å². The van der Waals surface area contributed by atoms with Crippen molar-refractivity contribution in [2.45, 2.75) is 13.8 Å². The number of carbonyl (C=O) groups is 1. The molecular weight excluding hydrogens is 400 g/mol. The highest BCUT2D eigenvalue weighted by Gasteiger charge is 2.20. The molecule has 0 unspecified atom stereocenters. The lowest BCUT2D eigenvalue weighted by atomic mass is 10.1. The largest absolute Gasteiger partial charge is 0.461 e. The quantitative estimate of drug-likeness (QED) is 0.466. The number of hydrogen-bond donors (Lipinski definition) is 1. The number of nitrogens with zero attached hydrogens (tertiary/aromatic N) is 5. The van der Waals surface area contributed by atoms with Crippen molar-refractivity contribution in [3.63, 3.8) is 0 Å². The topological polar surface area (TPSA) is 98.7 Å². The predicted molar refractivity (Wildman–Crippen MR) is 114 cm³/mol. The van der Waals surface area contributed by atoms with E-state index in [1.807, 2.05) is 32.2 Å². The SMILES string of the molecule is Cc1nc(-c2ccco2)nc2sc(C(=O)Nc3ccc(-n4cccn4)nc3)c(C)c12. The van der Waals surface area contributed by atoms with Gasteiger partial charge in [-0.25, -0.2) is 19.6 Å². The summed E-state index contributed by atoms with van der Waals surface area (Å²) in [7, 11) is 0. The molecule has 8 nitrogen and oxygen atoms in total. The third-order valence-electron chi connectivity index (χ3n) is 4.66. The van der Waals surface area contributed by atoms with Crippen molar-refractivity contribution < 1.29 is 9.21 Å². The second kappa shape index (κ2) is 7.20. The minimum Gasteiger partial charge on any atom is -0.461 e. The molecule has 0 atom stereocenters. The monoisotopic (exact) mass is 416 g/mol. The number of hydrogen-bond acceptors (Lipinski definition) is 7. The lowest BCUT2D eigenvalue weighted by Gasteiger charge is -2.06. The Kier molecular flexibility index (Phi) is 4.36. The molecule has 0 saturated carbocycles. The van der Waals surface area contributed by atoms with Crippen LogP contribution in [0.1, 0.15) is 20.9 Å². The molecular formula is C21H16N6O2S. The van der Waals surface area contributed by atoms with E-state index in [0.29, 0.717) is 28.0 Å². The van der Waals surface area contributed by atoms with Crippen LogP contribution in [0, 0.1) is 13.8 Å². The van der Waals surface area contributed by atoms with Crippen molar-refractivity contribution >= 4 is 33.1 Å². The highest BCUT2D eigenvalue weighted by Crippen LogP contribution is 2.33. The molecule has 0 fully saturated rings. The van der Waals surface area contributed by atoms with E-state index in [1.54, 1.807) is 41.5 Å². The number of thiophene rings is 1. The maximum Gasteiger partial charge on any atom is 0.266 e. The van der Waals surface area contributed by atoms with Crippen LogP contribution in [0.4, 0.5) is 5.69 Å². The molecule has 0 bridgehead atoms. The Morgan fingerprint density at radius 2 is 2.07 bits per heavy atom. The Morgan fingerprint density at radius 3 is 2.77 bits per heavy atom. The van der Waals surface area contributed by atoms with E-state index < -0.39 is 0 Å². The van der Waals surface area contributed by atoms with Gasteiger partial charge in [-0.05, 0) is 49.7 Å². The Morgan fingerprint density at radius 1 is 1.17 bits per heavy atom.